The molecule has 7 heteroatoms. The number of hydrogen-bond donors (Lipinski definition) is 2. The van der Waals surface area contributed by atoms with Gasteiger partial charge in [0, 0.05) is 50.0 Å². The largest absolute Gasteiger partial charge is 0.378 e. The summed E-state index contributed by atoms with van der Waals surface area (Å²) in [6.07, 6.45) is 3.98. The summed E-state index contributed by atoms with van der Waals surface area (Å²) >= 11 is 0. The quantitative estimate of drug-likeness (QED) is 0.806. The van der Waals surface area contributed by atoms with Crippen molar-refractivity contribution in [3.8, 4) is 0 Å². The van der Waals surface area contributed by atoms with E-state index in [4.69, 9.17) is 9.47 Å². The van der Waals surface area contributed by atoms with Crippen LogP contribution < -0.4 is 5.32 Å². The van der Waals surface area contributed by atoms with E-state index < -0.39 is 11.6 Å². The molecule has 29 heavy (non-hydrogen) atoms. The number of carbonyl (C=O) groups is 2. The van der Waals surface area contributed by atoms with Gasteiger partial charge in [-0.05, 0) is 18.1 Å². The smallest absolute Gasteiger partial charge is 0.245 e. The molecule has 1 aromatic heterocycles. The van der Waals surface area contributed by atoms with Crippen molar-refractivity contribution in [2.24, 2.45) is 0 Å². The molecule has 0 saturated carbocycles. The van der Waals surface area contributed by atoms with Crippen LogP contribution in [0, 0.1) is 0 Å². The second kappa shape index (κ2) is 8.16. The number of carbonyl (C=O) groups excluding carboxylic acids is 2. The second-order valence-corrected chi connectivity index (χ2v) is 8.17. The van der Waals surface area contributed by atoms with Crippen molar-refractivity contribution in [3.63, 3.8) is 0 Å². The molecule has 156 valence electrons. The van der Waals surface area contributed by atoms with Crippen molar-refractivity contribution in [3.05, 3.63) is 36.0 Å². The zero-order valence-corrected chi connectivity index (χ0v) is 17.1. The Balaban J connectivity index is 1.57. The molecule has 0 radical (unpaired) electrons. The van der Waals surface area contributed by atoms with Crippen LogP contribution in [0.3, 0.4) is 0 Å². The minimum absolute atomic E-state index is 0.0135. The van der Waals surface area contributed by atoms with Crippen molar-refractivity contribution in [2.45, 2.75) is 50.9 Å². The Morgan fingerprint density at radius 2 is 2.21 bits per heavy atom. The minimum atomic E-state index is -0.610. The van der Waals surface area contributed by atoms with Gasteiger partial charge in [0.2, 0.25) is 11.8 Å². The number of benzene rings is 1. The fourth-order valence-electron chi connectivity index (χ4n) is 4.46. The van der Waals surface area contributed by atoms with Crippen LogP contribution in [0.4, 0.5) is 0 Å². The number of fused-ring (bicyclic) bond motifs is 1. The molecular weight excluding hydrogens is 370 g/mol. The zero-order valence-electron chi connectivity index (χ0n) is 17.1. The molecular formula is C22H29N3O4. The summed E-state index contributed by atoms with van der Waals surface area (Å²) in [5.41, 5.74) is 1.62. The lowest BCUT2D eigenvalue weighted by Gasteiger charge is -2.44. The number of para-hydroxylation sites is 1. The number of ether oxygens (including phenoxy) is 2. The number of rotatable bonds is 5. The maximum atomic E-state index is 13.5. The van der Waals surface area contributed by atoms with E-state index in [9.17, 15) is 9.59 Å². The van der Waals surface area contributed by atoms with Gasteiger partial charge >= 0.3 is 0 Å². The third kappa shape index (κ3) is 4.16. The van der Waals surface area contributed by atoms with E-state index in [0.717, 1.165) is 29.3 Å². The summed E-state index contributed by atoms with van der Waals surface area (Å²) in [6.45, 7) is 5.74. The summed E-state index contributed by atoms with van der Waals surface area (Å²) in [4.78, 5) is 30.5. The molecule has 7 nitrogen and oxygen atoms in total. The summed E-state index contributed by atoms with van der Waals surface area (Å²) in [7, 11) is 0. The van der Waals surface area contributed by atoms with Gasteiger partial charge in [-0.2, -0.15) is 0 Å². The predicted molar refractivity (Wildman–Crippen MR) is 110 cm³/mol. The molecule has 2 aromatic rings. The molecule has 2 fully saturated rings. The van der Waals surface area contributed by atoms with Gasteiger partial charge in [0.15, 0.2) is 0 Å². The van der Waals surface area contributed by atoms with Crippen LogP contribution in [0.15, 0.2) is 30.5 Å². The molecule has 2 amide bonds. The highest BCUT2D eigenvalue weighted by atomic mass is 16.6. The summed E-state index contributed by atoms with van der Waals surface area (Å²) in [5, 5.41) is 3.95. The lowest BCUT2D eigenvalue weighted by molar-refractivity contribution is -0.171. The van der Waals surface area contributed by atoms with E-state index in [0.29, 0.717) is 32.7 Å². The fourth-order valence-corrected chi connectivity index (χ4v) is 4.46. The second-order valence-electron chi connectivity index (χ2n) is 8.17. The highest BCUT2D eigenvalue weighted by Gasteiger charge is 2.45. The van der Waals surface area contributed by atoms with Crippen LogP contribution in [0.5, 0.6) is 0 Å². The third-order valence-electron chi connectivity index (χ3n) is 5.93. The van der Waals surface area contributed by atoms with Crippen molar-refractivity contribution >= 4 is 22.7 Å². The van der Waals surface area contributed by atoms with Gasteiger partial charge in [-0.15, -0.1) is 0 Å². The molecule has 1 spiro atoms. The Morgan fingerprint density at radius 3 is 2.93 bits per heavy atom. The molecule has 1 aromatic carbocycles. The van der Waals surface area contributed by atoms with E-state index in [-0.39, 0.29) is 17.9 Å². The molecule has 4 rings (SSSR count). The first-order valence-electron chi connectivity index (χ1n) is 10.4. The average molecular weight is 399 g/mol. The van der Waals surface area contributed by atoms with Crippen molar-refractivity contribution in [1.29, 1.82) is 0 Å². The summed E-state index contributed by atoms with van der Waals surface area (Å²) < 4.78 is 11.9. The van der Waals surface area contributed by atoms with Gasteiger partial charge in [-0.1, -0.05) is 25.1 Å². The number of aromatic amines is 1. The average Bonchev–Trinajstić information content (AvgIpc) is 3.33. The van der Waals surface area contributed by atoms with Crippen LogP contribution in [0.2, 0.25) is 0 Å². The van der Waals surface area contributed by atoms with E-state index in [1.807, 2.05) is 35.4 Å². The first kappa shape index (κ1) is 19.9. The molecule has 3 atom stereocenters. The maximum absolute atomic E-state index is 13.5. The number of H-pyrrole nitrogens is 1. The third-order valence-corrected chi connectivity index (χ3v) is 5.93. The Bertz CT molecular complexity index is 887. The number of nitrogens with one attached hydrogen (secondary N) is 2. The Labute approximate surface area is 170 Å². The Hall–Kier alpha value is -2.38. The summed E-state index contributed by atoms with van der Waals surface area (Å²) in [6, 6.07) is 7.38. The number of aromatic nitrogens is 1. The molecule has 2 aliphatic heterocycles. The number of amides is 2. The maximum Gasteiger partial charge on any atom is 0.245 e. The van der Waals surface area contributed by atoms with Gasteiger partial charge in [-0.3, -0.25) is 9.59 Å². The lowest BCUT2D eigenvalue weighted by Crippen LogP contribution is -2.61. The molecule has 2 aliphatic rings. The highest BCUT2D eigenvalue weighted by Crippen LogP contribution is 2.31. The van der Waals surface area contributed by atoms with E-state index in [2.05, 4.69) is 17.2 Å². The SMILES string of the molecule is CC[C@@H]1CN(C(=O)[C@@H](Cc2c[nH]c3ccccc23)NC(C)=O)C[C@]2(CCOC2)O1. The topological polar surface area (TPSA) is 83.7 Å². The molecule has 2 N–H and O–H groups in total. The van der Waals surface area contributed by atoms with E-state index in [1.54, 1.807) is 0 Å². The Morgan fingerprint density at radius 1 is 1.38 bits per heavy atom. The summed E-state index contributed by atoms with van der Waals surface area (Å²) in [5.74, 6) is -0.263. The highest BCUT2D eigenvalue weighted by molar-refractivity contribution is 5.89. The van der Waals surface area contributed by atoms with Crippen LogP contribution >= 0.6 is 0 Å². The van der Waals surface area contributed by atoms with Crippen molar-refractivity contribution in [1.82, 2.24) is 15.2 Å². The van der Waals surface area contributed by atoms with Gasteiger partial charge < -0.3 is 24.7 Å². The van der Waals surface area contributed by atoms with Gasteiger partial charge in [0.25, 0.3) is 0 Å². The minimum Gasteiger partial charge on any atom is -0.378 e. The fraction of sp³-hybridized carbons (Fsp3) is 0.545. The normalized spacial score (nSPS) is 25.4. The number of hydrogen-bond acceptors (Lipinski definition) is 4. The molecule has 0 aliphatic carbocycles. The number of nitrogens with zero attached hydrogens (tertiary/aromatic N) is 1. The Kier molecular flexibility index (Phi) is 5.61. The number of morpholine rings is 1. The molecule has 2 saturated heterocycles. The first-order chi connectivity index (χ1) is 14.0. The standard InChI is InChI=1S/C22H29N3O4/c1-3-17-12-25(13-22(29-17)8-9-28-14-22)21(27)20(24-15(2)26)10-16-11-23-19-7-5-4-6-18(16)19/h4-7,11,17,20,23H,3,8-10,12-14H2,1-2H3,(H,24,26)/t17-,20-,22+/m1/s1. The van der Waals surface area contributed by atoms with Gasteiger partial charge in [0.05, 0.1) is 19.3 Å². The van der Waals surface area contributed by atoms with Crippen molar-refractivity contribution in [2.75, 3.05) is 26.3 Å². The zero-order chi connectivity index (χ0) is 20.4. The molecule has 0 bridgehead atoms. The van der Waals surface area contributed by atoms with Crippen LogP contribution in [-0.4, -0.2) is 65.7 Å². The van der Waals surface area contributed by atoms with E-state index in [1.165, 1.54) is 6.92 Å². The van der Waals surface area contributed by atoms with Gasteiger partial charge in [-0.25, -0.2) is 0 Å². The predicted octanol–water partition coefficient (Wildman–Crippen LogP) is 2.01. The lowest BCUT2D eigenvalue weighted by atomic mass is 9.96. The van der Waals surface area contributed by atoms with Crippen LogP contribution in [0.25, 0.3) is 10.9 Å². The molecule has 0 unspecified atom stereocenters. The van der Waals surface area contributed by atoms with Crippen molar-refractivity contribution < 1.29 is 19.1 Å². The van der Waals surface area contributed by atoms with Crippen LogP contribution in [0.1, 0.15) is 32.3 Å². The van der Waals surface area contributed by atoms with E-state index >= 15 is 0 Å². The molecule has 3 heterocycles. The monoisotopic (exact) mass is 399 g/mol. The van der Waals surface area contributed by atoms with Crippen LogP contribution in [-0.2, 0) is 25.5 Å². The first-order valence-corrected chi connectivity index (χ1v) is 10.4. The van der Waals surface area contributed by atoms with Gasteiger partial charge in [0.1, 0.15) is 11.6 Å².